The third-order valence-corrected chi connectivity index (χ3v) is 9.86. The number of esters is 4. The highest BCUT2D eigenvalue weighted by atomic mass is 16.8. The van der Waals surface area contributed by atoms with Gasteiger partial charge in [0.1, 0.15) is 35.6 Å². The first-order valence-electron chi connectivity index (χ1n) is 17.0. The smallest absolute Gasteiger partial charge is 0.338 e. The zero-order chi connectivity index (χ0) is 36.6. The summed E-state index contributed by atoms with van der Waals surface area (Å²) in [5, 5.41) is 0. The number of carbonyl (C=O) groups excluding carboxylic acids is 4. The first-order chi connectivity index (χ1) is 24.3. The lowest BCUT2D eigenvalue weighted by Crippen LogP contribution is -2.62. The van der Waals surface area contributed by atoms with Crippen LogP contribution in [0.1, 0.15) is 88.9 Å². The molecule has 2 aromatic rings. The summed E-state index contributed by atoms with van der Waals surface area (Å²) in [5.74, 6) is -2.67. The van der Waals surface area contributed by atoms with Crippen molar-refractivity contribution in [2.45, 2.75) is 134 Å². The number of ether oxygens (including phenoxy) is 10. The third kappa shape index (κ3) is 8.13. The summed E-state index contributed by atoms with van der Waals surface area (Å²) >= 11 is 0. The summed E-state index contributed by atoms with van der Waals surface area (Å²) < 4.78 is 56.8. The summed E-state index contributed by atoms with van der Waals surface area (Å²) in [7, 11) is 2.98. The van der Waals surface area contributed by atoms with Gasteiger partial charge in [-0.25, -0.2) is 9.59 Å². The van der Waals surface area contributed by atoms with Crippen LogP contribution in [-0.4, -0.2) is 104 Å². The predicted octanol–water partition coefficient (Wildman–Crippen LogP) is 5.15. The second kappa shape index (κ2) is 16.6. The van der Waals surface area contributed by atoms with Crippen molar-refractivity contribution in [1.82, 2.24) is 0 Å². The molecule has 14 nitrogen and oxygen atoms in total. The van der Waals surface area contributed by atoms with Crippen molar-refractivity contribution in [3.8, 4) is 0 Å². The molecule has 7 rings (SSSR count). The molecular formula is C39H52O14. The number of hydrogen-bond acceptors (Lipinski definition) is 14. The van der Waals surface area contributed by atoms with E-state index in [4.69, 9.17) is 47.4 Å². The Kier molecular flexibility index (Phi) is 13.1. The highest BCUT2D eigenvalue weighted by molar-refractivity contribution is 5.90. The van der Waals surface area contributed by atoms with Gasteiger partial charge < -0.3 is 47.4 Å². The van der Waals surface area contributed by atoms with Gasteiger partial charge in [-0.15, -0.1) is 0 Å². The highest BCUT2D eigenvalue weighted by Crippen LogP contribution is 2.54. The molecule has 0 radical (unpaired) electrons. The van der Waals surface area contributed by atoms with E-state index in [-0.39, 0.29) is 39.1 Å². The Morgan fingerprint density at radius 3 is 1.53 bits per heavy atom. The summed E-state index contributed by atoms with van der Waals surface area (Å²) in [4.78, 5) is 47.9. The fourth-order valence-corrected chi connectivity index (χ4v) is 7.38. The summed E-state index contributed by atoms with van der Waals surface area (Å²) in [6, 6.07) is 17.5. The first kappa shape index (κ1) is 41.8. The van der Waals surface area contributed by atoms with Gasteiger partial charge in [0.25, 0.3) is 0 Å². The molecule has 3 heterocycles. The molecule has 2 saturated carbocycles. The van der Waals surface area contributed by atoms with E-state index in [1.54, 1.807) is 49.6 Å². The van der Waals surface area contributed by atoms with Crippen molar-refractivity contribution >= 4 is 23.9 Å². The molecule has 0 bridgehead atoms. The molecule has 292 valence electrons. The summed E-state index contributed by atoms with van der Waals surface area (Å²) in [6.45, 7) is 6.24. The van der Waals surface area contributed by atoms with E-state index in [9.17, 15) is 19.2 Å². The van der Waals surface area contributed by atoms with Crippen LogP contribution in [0.2, 0.25) is 0 Å². The summed E-state index contributed by atoms with van der Waals surface area (Å²) in [5.41, 5.74) is -0.872. The van der Waals surface area contributed by atoms with E-state index in [0.29, 0.717) is 24.0 Å². The molecule has 2 aromatic carbocycles. The maximum Gasteiger partial charge on any atom is 0.338 e. The number of benzene rings is 2. The second-order valence-corrected chi connectivity index (χ2v) is 13.6. The van der Waals surface area contributed by atoms with E-state index >= 15 is 0 Å². The number of hydrogen-bond donors (Lipinski definition) is 0. The maximum absolute atomic E-state index is 12.4. The molecule has 53 heavy (non-hydrogen) atoms. The largest absolute Gasteiger partial charge is 0.456 e. The normalized spacial score (nSPS) is 34.1. The van der Waals surface area contributed by atoms with Gasteiger partial charge in [0.2, 0.25) is 0 Å². The third-order valence-electron chi connectivity index (χ3n) is 9.86. The Morgan fingerprint density at radius 2 is 1.09 bits per heavy atom. The van der Waals surface area contributed by atoms with Gasteiger partial charge in [-0.3, -0.25) is 9.59 Å². The van der Waals surface area contributed by atoms with Crippen molar-refractivity contribution in [3.05, 3.63) is 71.8 Å². The van der Waals surface area contributed by atoms with Crippen LogP contribution in [0.5, 0.6) is 0 Å². The Balaban J connectivity index is 0.000000229. The Labute approximate surface area is 310 Å². The Morgan fingerprint density at radius 1 is 0.623 bits per heavy atom. The van der Waals surface area contributed by atoms with Crippen LogP contribution in [-0.2, 0) is 57.0 Å². The fourth-order valence-electron chi connectivity index (χ4n) is 7.38. The average molecular weight is 745 g/mol. The molecule has 2 aliphatic carbocycles. The quantitative estimate of drug-likeness (QED) is 0.258. The molecule has 3 saturated heterocycles. The minimum absolute atomic E-state index is 0. The van der Waals surface area contributed by atoms with Crippen molar-refractivity contribution in [2.24, 2.45) is 0 Å². The lowest BCUT2D eigenvalue weighted by atomic mass is 9.72. The van der Waals surface area contributed by atoms with Gasteiger partial charge in [0.05, 0.1) is 11.1 Å². The van der Waals surface area contributed by atoms with E-state index in [2.05, 4.69) is 0 Å². The molecule has 5 fully saturated rings. The van der Waals surface area contributed by atoms with Crippen molar-refractivity contribution in [2.75, 3.05) is 14.2 Å². The molecule has 2 spiro atoms. The van der Waals surface area contributed by atoms with E-state index < -0.39 is 65.8 Å². The zero-order valence-electron chi connectivity index (χ0n) is 29.4. The number of rotatable bonds is 8. The van der Waals surface area contributed by atoms with Gasteiger partial charge in [0.15, 0.2) is 30.6 Å². The molecule has 0 amide bonds. The van der Waals surface area contributed by atoms with Gasteiger partial charge in [-0.2, -0.15) is 0 Å². The zero-order valence-corrected chi connectivity index (χ0v) is 29.4. The first-order valence-corrected chi connectivity index (χ1v) is 17.0. The van der Waals surface area contributed by atoms with Crippen molar-refractivity contribution in [3.63, 3.8) is 0 Å². The van der Waals surface area contributed by atoms with Crippen molar-refractivity contribution < 1.29 is 66.5 Å². The standard InChI is InChI=1S/C19H22O8.C18H22O6.2CH4/c1-11(20)24-15-16(25-12(2)21)19(27-18(15)23-3)10-9-14(19)26-17(22)13-7-5-4-6-8-13;1-17(2)22-13-14(23-17)18(24-16(13)20-3)10-9-12(18)21-15(19)11-7-5-4-6-8-11;;/h4-8,14-16,18H,9-10H2,1-3H3;4-8,12-14,16H,9-10H2,1-3H3;2*1H4/t14-,15?,16+,18+,19+;12-,13?,14+,16+,18+;;/m00../s1. The summed E-state index contributed by atoms with van der Waals surface area (Å²) in [6.07, 6.45) is -2.50. The van der Waals surface area contributed by atoms with Crippen LogP contribution in [0, 0.1) is 0 Å². The van der Waals surface area contributed by atoms with Crippen molar-refractivity contribution in [1.29, 1.82) is 0 Å². The monoisotopic (exact) mass is 744 g/mol. The van der Waals surface area contributed by atoms with Crippen LogP contribution in [0.15, 0.2) is 60.7 Å². The Hall–Kier alpha value is -3.92. The van der Waals surface area contributed by atoms with Crippen LogP contribution in [0.25, 0.3) is 0 Å². The number of fused-ring (bicyclic) bond motifs is 2. The molecular weight excluding hydrogens is 692 g/mol. The second-order valence-electron chi connectivity index (χ2n) is 13.6. The molecule has 0 N–H and O–H groups in total. The number of methoxy groups -OCH3 is 2. The lowest BCUT2D eigenvalue weighted by Gasteiger charge is -2.47. The minimum atomic E-state index is -1.11. The predicted molar refractivity (Wildman–Crippen MR) is 187 cm³/mol. The van der Waals surface area contributed by atoms with Gasteiger partial charge in [-0.05, 0) is 63.8 Å². The minimum Gasteiger partial charge on any atom is -0.456 e. The molecule has 0 aromatic heterocycles. The van der Waals surface area contributed by atoms with Crippen LogP contribution >= 0.6 is 0 Å². The average Bonchev–Trinajstić information content (AvgIpc) is 3.71. The molecule has 14 heteroatoms. The number of carbonyl (C=O) groups is 4. The topological polar surface area (TPSA) is 161 Å². The van der Waals surface area contributed by atoms with Gasteiger partial charge in [0, 0.05) is 28.1 Å². The van der Waals surface area contributed by atoms with Gasteiger partial charge >= 0.3 is 23.9 Å². The highest BCUT2D eigenvalue weighted by Gasteiger charge is 2.71. The SMILES string of the molecule is C.C.CO[C@@H]1O[C@@]2(CC[C@@H]2OC(=O)c2ccccc2)[C@@H]2OC(C)(C)OC12.CO[C@@H]1O[C@@]2(CC[C@@H]2OC(=O)c2ccccc2)[C@H](OC(C)=O)C1OC(C)=O. The van der Waals surface area contributed by atoms with E-state index in [1.165, 1.54) is 21.0 Å². The molecule has 3 aliphatic heterocycles. The van der Waals surface area contributed by atoms with E-state index in [0.717, 1.165) is 12.8 Å². The lowest BCUT2D eigenvalue weighted by molar-refractivity contribution is -0.288. The molecule has 5 aliphatic rings. The Bertz CT molecular complexity index is 1580. The van der Waals surface area contributed by atoms with Gasteiger partial charge in [-0.1, -0.05) is 51.3 Å². The van der Waals surface area contributed by atoms with Crippen LogP contribution < -0.4 is 0 Å². The van der Waals surface area contributed by atoms with E-state index in [1.807, 2.05) is 32.0 Å². The van der Waals surface area contributed by atoms with Crippen LogP contribution in [0.4, 0.5) is 0 Å². The molecule has 10 atom stereocenters. The fraction of sp³-hybridized carbons (Fsp3) is 0.590. The van der Waals surface area contributed by atoms with Crippen LogP contribution in [0.3, 0.4) is 0 Å². The maximum atomic E-state index is 12.4. The molecule has 2 unspecified atom stereocenters.